The van der Waals surface area contributed by atoms with E-state index in [-0.39, 0.29) is 31.4 Å². The number of carboxylic acid groups (broad SMARTS) is 1. The van der Waals surface area contributed by atoms with Crippen molar-refractivity contribution in [3.05, 3.63) is 59.7 Å². The average molecular weight is 467 g/mol. The Morgan fingerprint density at radius 2 is 1.74 bits per heavy atom. The lowest BCUT2D eigenvalue weighted by atomic mass is 9.98. The van der Waals surface area contributed by atoms with Crippen LogP contribution in [0.5, 0.6) is 0 Å². The lowest BCUT2D eigenvalue weighted by Gasteiger charge is -2.24. The molecule has 0 bridgehead atoms. The van der Waals surface area contributed by atoms with Gasteiger partial charge in [0.15, 0.2) is 0 Å². The van der Waals surface area contributed by atoms with Crippen molar-refractivity contribution in [3.63, 3.8) is 0 Å². The van der Waals surface area contributed by atoms with Gasteiger partial charge in [0.2, 0.25) is 5.91 Å². The number of benzene rings is 2. The zero-order valence-corrected chi connectivity index (χ0v) is 19.2. The largest absolute Gasteiger partial charge is 0.480 e. The van der Waals surface area contributed by atoms with E-state index in [0.29, 0.717) is 26.0 Å². The number of carboxylic acids is 1. The van der Waals surface area contributed by atoms with Gasteiger partial charge in [0.1, 0.15) is 12.6 Å². The van der Waals surface area contributed by atoms with Gasteiger partial charge in [-0.2, -0.15) is 0 Å². The van der Waals surface area contributed by atoms with E-state index in [0.717, 1.165) is 22.3 Å². The number of likely N-dealkylation sites (tertiary alicyclic amines) is 1. The highest BCUT2D eigenvalue weighted by Gasteiger charge is 2.35. The summed E-state index contributed by atoms with van der Waals surface area (Å²) in [5.74, 6) is -1.31. The van der Waals surface area contributed by atoms with Crippen molar-refractivity contribution in [2.24, 2.45) is 0 Å². The molecule has 180 valence electrons. The number of rotatable bonds is 9. The lowest BCUT2D eigenvalue weighted by Crippen LogP contribution is -2.43. The molecule has 34 heavy (non-hydrogen) atoms. The van der Waals surface area contributed by atoms with Crippen LogP contribution in [0.15, 0.2) is 48.5 Å². The van der Waals surface area contributed by atoms with E-state index in [4.69, 9.17) is 9.47 Å². The number of hydrogen-bond acceptors (Lipinski definition) is 5. The van der Waals surface area contributed by atoms with Gasteiger partial charge in [-0.15, -0.1) is 0 Å². The molecule has 1 saturated heterocycles. The summed E-state index contributed by atoms with van der Waals surface area (Å²) in [5.41, 5.74) is 4.58. The zero-order valence-electron chi connectivity index (χ0n) is 19.2. The topological polar surface area (TPSA) is 105 Å². The summed E-state index contributed by atoms with van der Waals surface area (Å²) in [6.45, 7) is 2.90. The Kier molecular flexibility index (Phi) is 7.47. The normalized spacial score (nSPS) is 17.7. The SMILES string of the molecule is CCOC(CNC(=O)OCC1c2ccccc2-c2ccccc21)CC(=O)N1CCCC1C(=O)O. The molecule has 2 amide bonds. The van der Waals surface area contributed by atoms with Crippen LogP contribution in [-0.4, -0.2) is 66.4 Å². The highest BCUT2D eigenvalue weighted by Crippen LogP contribution is 2.44. The van der Waals surface area contributed by atoms with E-state index in [1.54, 1.807) is 6.92 Å². The van der Waals surface area contributed by atoms with Gasteiger partial charge in [-0.1, -0.05) is 48.5 Å². The third kappa shape index (κ3) is 5.07. The Morgan fingerprint density at radius 1 is 1.09 bits per heavy atom. The molecule has 1 heterocycles. The monoisotopic (exact) mass is 466 g/mol. The Balaban J connectivity index is 1.31. The fourth-order valence-corrected chi connectivity index (χ4v) is 4.91. The maximum Gasteiger partial charge on any atom is 0.407 e. The fourth-order valence-electron chi connectivity index (χ4n) is 4.91. The van der Waals surface area contributed by atoms with Gasteiger partial charge in [-0.3, -0.25) is 4.79 Å². The molecular weight excluding hydrogens is 436 g/mol. The van der Waals surface area contributed by atoms with Gasteiger partial charge in [0.25, 0.3) is 0 Å². The highest BCUT2D eigenvalue weighted by molar-refractivity contribution is 5.84. The molecule has 1 aliphatic heterocycles. The molecular formula is C26H30N2O6. The lowest BCUT2D eigenvalue weighted by molar-refractivity contribution is -0.149. The van der Waals surface area contributed by atoms with Crippen LogP contribution in [0.25, 0.3) is 11.1 Å². The first-order valence-corrected chi connectivity index (χ1v) is 11.7. The number of amides is 2. The third-order valence-electron chi connectivity index (χ3n) is 6.48. The van der Waals surface area contributed by atoms with Gasteiger partial charge in [0, 0.05) is 25.6 Å². The minimum absolute atomic E-state index is 0.00127. The molecule has 2 atom stereocenters. The maximum absolute atomic E-state index is 12.7. The Bertz CT molecular complexity index is 1010. The smallest absolute Gasteiger partial charge is 0.407 e. The van der Waals surface area contributed by atoms with Gasteiger partial charge in [0.05, 0.1) is 12.5 Å². The molecule has 1 fully saturated rings. The first-order valence-electron chi connectivity index (χ1n) is 11.7. The van der Waals surface area contributed by atoms with Crippen LogP contribution in [0.3, 0.4) is 0 Å². The van der Waals surface area contributed by atoms with Crippen LogP contribution in [-0.2, 0) is 19.1 Å². The number of hydrogen-bond donors (Lipinski definition) is 2. The summed E-state index contributed by atoms with van der Waals surface area (Å²) >= 11 is 0. The molecule has 0 radical (unpaired) electrons. The van der Waals surface area contributed by atoms with Crippen molar-refractivity contribution in [1.82, 2.24) is 10.2 Å². The van der Waals surface area contributed by atoms with E-state index in [2.05, 4.69) is 29.6 Å². The molecule has 0 saturated carbocycles. The van der Waals surface area contributed by atoms with E-state index >= 15 is 0 Å². The quantitative estimate of drug-likeness (QED) is 0.587. The summed E-state index contributed by atoms with van der Waals surface area (Å²) in [4.78, 5) is 37.9. The predicted molar refractivity (Wildman–Crippen MR) is 125 cm³/mol. The van der Waals surface area contributed by atoms with Crippen molar-refractivity contribution in [3.8, 4) is 11.1 Å². The second-order valence-corrected chi connectivity index (χ2v) is 8.57. The van der Waals surface area contributed by atoms with Crippen LogP contribution in [0.1, 0.15) is 43.2 Å². The minimum atomic E-state index is -0.990. The molecule has 8 heteroatoms. The van der Waals surface area contributed by atoms with Crippen LogP contribution < -0.4 is 5.32 Å². The van der Waals surface area contributed by atoms with E-state index in [1.165, 1.54) is 4.90 Å². The molecule has 1 aliphatic carbocycles. The molecule has 0 aromatic heterocycles. The summed E-state index contributed by atoms with van der Waals surface area (Å²) in [5, 5.41) is 12.0. The second kappa shape index (κ2) is 10.7. The van der Waals surface area contributed by atoms with Crippen molar-refractivity contribution < 1.29 is 29.0 Å². The Labute approximate surface area is 198 Å². The van der Waals surface area contributed by atoms with Crippen molar-refractivity contribution in [2.75, 3.05) is 26.3 Å². The maximum atomic E-state index is 12.7. The molecule has 4 rings (SSSR count). The van der Waals surface area contributed by atoms with Crippen LogP contribution in [0.2, 0.25) is 0 Å². The van der Waals surface area contributed by atoms with Crippen molar-refractivity contribution >= 4 is 18.0 Å². The van der Waals surface area contributed by atoms with Crippen LogP contribution >= 0.6 is 0 Å². The molecule has 8 nitrogen and oxygen atoms in total. The number of fused-ring (bicyclic) bond motifs is 3. The summed E-state index contributed by atoms with van der Waals surface area (Å²) < 4.78 is 11.2. The van der Waals surface area contributed by atoms with E-state index < -0.39 is 24.2 Å². The van der Waals surface area contributed by atoms with Gasteiger partial charge >= 0.3 is 12.1 Å². The number of aliphatic carboxylic acids is 1. The van der Waals surface area contributed by atoms with Crippen molar-refractivity contribution in [1.29, 1.82) is 0 Å². The van der Waals surface area contributed by atoms with E-state index in [9.17, 15) is 19.5 Å². The highest BCUT2D eigenvalue weighted by atomic mass is 16.5. The average Bonchev–Trinajstić information content (AvgIpc) is 3.45. The molecule has 2 aliphatic rings. The van der Waals surface area contributed by atoms with Gasteiger partial charge in [-0.25, -0.2) is 9.59 Å². The number of ether oxygens (including phenoxy) is 2. The van der Waals surface area contributed by atoms with Crippen molar-refractivity contribution in [2.45, 2.75) is 44.2 Å². The number of carbonyl (C=O) groups excluding carboxylic acids is 2. The first-order chi connectivity index (χ1) is 16.5. The fraction of sp³-hybridized carbons (Fsp3) is 0.423. The second-order valence-electron chi connectivity index (χ2n) is 8.57. The first kappa shape index (κ1) is 23.8. The van der Waals surface area contributed by atoms with Crippen LogP contribution in [0.4, 0.5) is 4.79 Å². The Hall–Kier alpha value is -3.39. The molecule has 2 unspecified atom stereocenters. The predicted octanol–water partition coefficient (Wildman–Crippen LogP) is 3.40. The number of carbonyl (C=O) groups is 3. The summed E-state index contributed by atoms with van der Waals surface area (Å²) in [7, 11) is 0. The number of alkyl carbamates (subject to hydrolysis) is 1. The van der Waals surface area contributed by atoms with Gasteiger partial charge in [-0.05, 0) is 42.0 Å². The summed E-state index contributed by atoms with van der Waals surface area (Å²) in [6.07, 6.45) is -0.0174. The third-order valence-corrected chi connectivity index (χ3v) is 6.48. The molecule has 2 aromatic carbocycles. The van der Waals surface area contributed by atoms with E-state index in [1.807, 2.05) is 24.3 Å². The Morgan fingerprint density at radius 3 is 2.35 bits per heavy atom. The zero-order chi connectivity index (χ0) is 24.1. The number of nitrogens with zero attached hydrogens (tertiary/aromatic N) is 1. The molecule has 2 aromatic rings. The number of nitrogens with one attached hydrogen (secondary N) is 1. The van der Waals surface area contributed by atoms with Gasteiger partial charge < -0.3 is 24.8 Å². The molecule has 0 spiro atoms. The van der Waals surface area contributed by atoms with Crippen LogP contribution in [0, 0.1) is 0 Å². The summed E-state index contributed by atoms with van der Waals surface area (Å²) in [6, 6.07) is 15.4. The molecule has 2 N–H and O–H groups in total. The standard InChI is InChI=1S/C26H30N2O6/c1-2-33-17(14-24(29)28-13-7-12-23(28)25(30)31)15-27-26(32)34-16-22-20-10-5-3-8-18(20)19-9-4-6-11-21(19)22/h3-6,8-11,17,22-23H,2,7,12-16H2,1H3,(H,27,32)(H,30,31). The minimum Gasteiger partial charge on any atom is -0.480 e.